The molecule has 0 aromatic heterocycles. The van der Waals surface area contributed by atoms with E-state index in [0.29, 0.717) is 0 Å². The van der Waals surface area contributed by atoms with E-state index < -0.39 is 47.0 Å². The van der Waals surface area contributed by atoms with E-state index in [2.05, 4.69) is 8.85 Å². The molecule has 0 N–H and O–H groups in total. The van der Waals surface area contributed by atoms with Crippen molar-refractivity contribution in [2.75, 3.05) is 26.4 Å². The lowest BCUT2D eigenvalue weighted by molar-refractivity contribution is -0.185. The van der Waals surface area contributed by atoms with Crippen LogP contribution in [-0.4, -0.2) is 60.2 Å². The second kappa shape index (κ2) is 9.10. The lowest BCUT2D eigenvalue weighted by Gasteiger charge is -2.30. The van der Waals surface area contributed by atoms with Gasteiger partial charge in [0.1, 0.15) is 13.2 Å². The molecule has 0 rings (SSSR count). The van der Waals surface area contributed by atoms with Gasteiger partial charge in [0.05, 0.1) is 0 Å². The van der Waals surface area contributed by atoms with E-state index in [-0.39, 0.29) is 13.2 Å². The summed E-state index contributed by atoms with van der Waals surface area (Å²) in [6.07, 6.45) is -8.19. The first-order valence-electron chi connectivity index (χ1n) is 6.30. The third-order valence-corrected chi connectivity index (χ3v) is 4.44. The highest BCUT2D eigenvalue weighted by molar-refractivity contribution is 6.53. The molecule has 0 aliphatic heterocycles. The first-order chi connectivity index (χ1) is 10.4. The van der Waals surface area contributed by atoms with Crippen LogP contribution in [0, 0.1) is 0 Å². The molecule has 0 atom stereocenters. The molecule has 0 aliphatic carbocycles. The molecule has 0 fully saturated rings. The third kappa shape index (κ3) is 7.28. The van der Waals surface area contributed by atoms with Gasteiger partial charge in [-0.05, 0) is 13.8 Å². The monoisotopic (exact) mass is 380 g/mol. The van der Waals surface area contributed by atoms with Crippen molar-refractivity contribution in [3.8, 4) is 0 Å². The Morgan fingerprint density at radius 3 is 1.22 bits per heavy atom. The highest BCUT2D eigenvalue weighted by atomic mass is 28.4. The van der Waals surface area contributed by atoms with Crippen LogP contribution < -0.4 is 0 Å². The van der Waals surface area contributed by atoms with Crippen molar-refractivity contribution in [3.05, 3.63) is 0 Å². The summed E-state index contributed by atoms with van der Waals surface area (Å²) in [4.78, 5) is 0. The molecule has 23 heavy (non-hydrogen) atoms. The van der Waals surface area contributed by atoms with Crippen molar-refractivity contribution >= 4 is 9.05 Å². The highest BCUT2D eigenvalue weighted by Gasteiger charge is 2.53. The predicted octanol–water partition coefficient (Wildman–Crippen LogP) is 3.33. The SMILES string of the molecule is CCO[Si](OCC)(OCC(F)(F)C(F)F)OCC(F)(F)C(F)F. The van der Waals surface area contributed by atoms with Gasteiger partial charge < -0.3 is 17.7 Å². The van der Waals surface area contributed by atoms with Crippen molar-refractivity contribution in [1.82, 2.24) is 0 Å². The van der Waals surface area contributed by atoms with Crippen LogP contribution in [0.2, 0.25) is 0 Å². The van der Waals surface area contributed by atoms with Gasteiger partial charge in [-0.1, -0.05) is 0 Å². The molecule has 140 valence electrons. The Bertz CT molecular complexity index is 313. The molecule has 0 spiro atoms. The first kappa shape index (κ1) is 22.5. The van der Waals surface area contributed by atoms with E-state index in [1.807, 2.05) is 0 Å². The topological polar surface area (TPSA) is 36.9 Å². The van der Waals surface area contributed by atoms with Gasteiger partial charge in [0.2, 0.25) is 0 Å². The molecule has 13 heteroatoms. The maximum Gasteiger partial charge on any atom is 0.680 e. The summed E-state index contributed by atoms with van der Waals surface area (Å²) in [5.41, 5.74) is 0. The first-order valence-corrected chi connectivity index (χ1v) is 7.93. The summed E-state index contributed by atoms with van der Waals surface area (Å²) in [7, 11) is -4.73. The maximum absolute atomic E-state index is 12.9. The van der Waals surface area contributed by atoms with E-state index in [1.54, 1.807) is 0 Å². The van der Waals surface area contributed by atoms with Gasteiger partial charge in [-0.2, -0.15) is 17.6 Å². The minimum absolute atomic E-state index is 0.341. The molecule has 0 saturated carbocycles. The number of rotatable bonds is 12. The van der Waals surface area contributed by atoms with Crippen LogP contribution in [0.5, 0.6) is 0 Å². The molecule has 0 amide bonds. The smallest absolute Gasteiger partial charge is 0.351 e. The van der Waals surface area contributed by atoms with Gasteiger partial charge in [-0.3, -0.25) is 0 Å². The highest BCUT2D eigenvalue weighted by Crippen LogP contribution is 2.28. The van der Waals surface area contributed by atoms with Gasteiger partial charge in [-0.25, -0.2) is 17.6 Å². The number of alkyl halides is 8. The Hall–Kier alpha value is -0.503. The van der Waals surface area contributed by atoms with E-state index >= 15 is 0 Å². The van der Waals surface area contributed by atoms with Crippen molar-refractivity contribution in [2.24, 2.45) is 0 Å². The van der Waals surface area contributed by atoms with Crippen molar-refractivity contribution in [2.45, 2.75) is 38.5 Å². The standard InChI is InChI=1S/C10H16F8O4Si/c1-3-19-23(20-4-2,21-5-9(15,16)7(11)12)22-6-10(17,18)8(13)14/h7-8H,3-6H2,1-2H3. The number of hydrogen-bond acceptors (Lipinski definition) is 4. The van der Waals surface area contributed by atoms with E-state index in [0.717, 1.165) is 0 Å². The third-order valence-electron chi connectivity index (χ3n) is 2.16. The molecule has 0 saturated heterocycles. The Kier molecular flexibility index (Phi) is 8.90. The minimum Gasteiger partial charge on any atom is -0.351 e. The predicted molar refractivity (Wildman–Crippen MR) is 62.8 cm³/mol. The fourth-order valence-corrected chi connectivity index (χ4v) is 3.04. The van der Waals surface area contributed by atoms with Crippen molar-refractivity contribution in [1.29, 1.82) is 0 Å². The van der Waals surface area contributed by atoms with Crippen molar-refractivity contribution in [3.63, 3.8) is 0 Å². The Morgan fingerprint density at radius 1 is 0.696 bits per heavy atom. The van der Waals surface area contributed by atoms with Crippen LogP contribution in [0.1, 0.15) is 13.8 Å². The quantitative estimate of drug-likeness (QED) is 0.385. The van der Waals surface area contributed by atoms with Crippen molar-refractivity contribution < 1.29 is 52.8 Å². The lowest BCUT2D eigenvalue weighted by Crippen LogP contribution is -2.54. The van der Waals surface area contributed by atoms with E-state index in [4.69, 9.17) is 8.85 Å². The Labute approximate surface area is 128 Å². The normalized spacial score (nSPS) is 14.1. The maximum atomic E-state index is 12.9. The molecule has 4 nitrogen and oxygen atoms in total. The summed E-state index contributed by atoms with van der Waals surface area (Å²) in [6, 6.07) is 0. The van der Waals surface area contributed by atoms with Crippen LogP contribution in [0.25, 0.3) is 0 Å². The number of hydrogen-bond donors (Lipinski definition) is 0. The van der Waals surface area contributed by atoms with Crippen LogP contribution >= 0.6 is 0 Å². The average Bonchev–Trinajstić information content (AvgIpc) is 2.43. The second-order valence-corrected chi connectivity index (χ2v) is 6.22. The zero-order chi connectivity index (χ0) is 18.3. The zero-order valence-corrected chi connectivity index (χ0v) is 13.1. The van der Waals surface area contributed by atoms with Gasteiger partial charge in [0.25, 0.3) is 0 Å². The molecule has 0 heterocycles. The molecule has 0 aliphatic rings. The summed E-state index contributed by atoms with van der Waals surface area (Å²) in [6.45, 7) is -2.01. The van der Waals surface area contributed by atoms with E-state index in [1.165, 1.54) is 13.8 Å². The van der Waals surface area contributed by atoms with Crippen LogP contribution in [-0.2, 0) is 17.7 Å². The largest absolute Gasteiger partial charge is 0.680 e. The lowest BCUT2D eigenvalue weighted by atomic mass is 10.4. The number of halogens is 8. The summed E-state index contributed by atoms with van der Waals surface area (Å²) >= 11 is 0. The van der Waals surface area contributed by atoms with Crippen LogP contribution in [0.3, 0.4) is 0 Å². The average molecular weight is 380 g/mol. The Morgan fingerprint density at radius 2 is 1.00 bits per heavy atom. The Balaban J connectivity index is 5.08. The van der Waals surface area contributed by atoms with Gasteiger partial charge >= 0.3 is 33.7 Å². The molecular formula is C10H16F8O4Si. The summed E-state index contributed by atoms with van der Waals surface area (Å²) in [5, 5.41) is 0. The molecule has 0 bridgehead atoms. The zero-order valence-electron chi connectivity index (χ0n) is 12.1. The summed E-state index contributed by atoms with van der Waals surface area (Å²) in [5.74, 6) is -9.25. The molecule has 0 radical (unpaired) electrons. The van der Waals surface area contributed by atoms with Gasteiger partial charge in [-0.15, -0.1) is 0 Å². The fourth-order valence-electron chi connectivity index (χ4n) is 1.10. The molecular weight excluding hydrogens is 364 g/mol. The second-order valence-electron chi connectivity index (χ2n) is 4.07. The van der Waals surface area contributed by atoms with Gasteiger partial charge in [0, 0.05) is 13.2 Å². The fraction of sp³-hybridized carbons (Fsp3) is 1.00. The van der Waals surface area contributed by atoms with E-state index in [9.17, 15) is 35.1 Å². The summed E-state index contributed by atoms with van der Waals surface area (Å²) < 4.78 is 118. The van der Waals surface area contributed by atoms with Crippen LogP contribution in [0.15, 0.2) is 0 Å². The molecule has 0 aromatic carbocycles. The molecule has 0 aromatic rings. The van der Waals surface area contributed by atoms with Crippen LogP contribution in [0.4, 0.5) is 35.1 Å². The minimum atomic E-state index is -4.73. The molecule has 0 unspecified atom stereocenters. The van der Waals surface area contributed by atoms with Gasteiger partial charge in [0.15, 0.2) is 0 Å².